The van der Waals surface area contributed by atoms with E-state index in [0.29, 0.717) is 24.8 Å². The van der Waals surface area contributed by atoms with Gasteiger partial charge >= 0.3 is 5.97 Å². The van der Waals surface area contributed by atoms with Gasteiger partial charge in [0.05, 0.1) is 11.5 Å². The van der Waals surface area contributed by atoms with Gasteiger partial charge in [0.15, 0.2) is 4.90 Å². The number of nitro benzene ring substituents is 1. The maximum absolute atomic E-state index is 13.1. The number of likely N-dealkylation sites (N-methyl/N-ethyl adjacent to an activating group) is 1. The summed E-state index contributed by atoms with van der Waals surface area (Å²) in [5, 5.41) is 20.2. The first-order valence-corrected chi connectivity index (χ1v) is 9.74. The summed E-state index contributed by atoms with van der Waals surface area (Å²) in [5.41, 5.74) is -0.0863. The van der Waals surface area contributed by atoms with Crippen molar-refractivity contribution in [1.82, 2.24) is 9.21 Å². The Morgan fingerprint density at radius 2 is 2.08 bits per heavy atom. The van der Waals surface area contributed by atoms with Crippen LogP contribution >= 0.6 is 0 Å². The Morgan fingerprint density at radius 3 is 2.69 bits per heavy atom. The molecule has 1 fully saturated rings. The second-order valence-electron chi connectivity index (χ2n) is 6.48. The molecule has 1 atom stereocenters. The average molecular weight is 385 g/mol. The normalized spacial score (nSPS) is 19.3. The number of nitro groups is 1. The molecule has 0 amide bonds. The number of carbonyl (C=O) groups is 1. The number of carboxylic acid groups (broad SMARTS) is 1. The van der Waals surface area contributed by atoms with Crippen LogP contribution in [0.3, 0.4) is 0 Å². The molecule has 1 aliphatic rings. The third kappa shape index (κ3) is 4.37. The smallest absolute Gasteiger partial charge is 0.317 e. The lowest BCUT2D eigenvalue weighted by Crippen LogP contribution is -2.37. The maximum atomic E-state index is 13.1. The summed E-state index contributed by atoms with van der Waals surface area (Å²) in [6, 6.07) is 4.16. The summed E-state index contributed by atoms with van der Waals surface area (Å²) in [7, 11) is -2.30. The van der Waals surface area contributed by atoms with Crippen molar-refractivity contribution in [3.8, 4) is 0 Å². The maximum Gasteiger partial charge on any atom is 0.317 e. The van der Waals surface area contributed by atoms with Crippen molar-refractivity contribution in [2.45, 2.75) is 37.1 Å². The van der Waals surface area contributed by atoms with E-state index in [4.69, 9.17) is 5.11 Å². The fourth-order valence-corrected chi connectivity index (χ4v) is 5.18. The first-order valence-electron chi connectivity index (χ1n) is 8.30. The van der Waals surface area contributed by atoms with Gasteiger partial charge in [-0.25, -0.2) is 8.42 Å². The Bertz CT molecular complexity index is 795. The van der Waals surface area contributed by atoms with E-state index in [-0.39, 0.29) is 30.6 Å². The quantitative estimate of drug-likeness (QED) is 0.581. The second-order valence-corrected chi connectivity index (χ2v) is 8.35. The number of hydrogen-bond donors (Lipinski definition) is 1. The van der Waals surface area contributed by atoms with Gasteiger partial charge in [-0.1, -0.05) is 12.1 Å². The molecule has 10 heteroatoms. The summed E-state index contributed by atoms with van der Waals surface area (Å²) in [5.74, 6) is -0.934. The Hall–Kier alpha value is -2.04. The van der Waals surface area contributed by atoms with Crippen molar-refractivity contribution < 1.29 is 23.2 Å². The van der Waals surface area contributed by atoms with E-state index in [2.05, 4.69) is 0 Å². The largest absolute Gasteiger partial charge is 0.480 e. The van der Waals surface area contributed by atoms with Crippen molar-refractivity contribution in [2.24, 2.45) is 0 Å². The van der Waals surface area contributed by atoms with Gasteiger partial charge in [-0.15, -0.1) is 0 Å². The molecule has 0 radical (unpaired) electrons. The molecule has 1 aromatic rings. The number of nitrogens with zero attached hydrogens (tertiary/aromatic N) is 3. The first-order chi connectivity index (χ1) is 12.1. The molecule has 1 saturated heterocycles. The van der Waals surface area contributed by atoms with E-state index >= 15 is 0 Å². The molecular weight excluding hydrogens is 362 g/mol. The van der Waals surface area contributed by atoms with Gasteiger partial charge in [-0.3, -0.25) is 19.8 Å². The number of rotatable bonds is 6. The molecule has 1 unspecified atom stereocenters. The van der Waals surface area contributed by atoms with Gasteiger partial charge in [0, 0.05) is 25.2 Å². The van der Waals surface area contributed by atoms with Gasteiger partial charge in [0.1, 0.15) is 0 Å². The van der Waals surface area contributed by atoms with Crippen LogP contribution in [-0.4, -0.2) is 66.3 Å². The molecule has 1 aliphatic heterocycles. The van der Waals surface area contributed by atoms with Crippen LogP contribution in [0.1, 0.15) is 24.8 Å². The fourth-order valence-electron chi connectivity index (χ4n) is 3.32. The van der Waals surface area contributed by atoms with Crippen LogP contribution < -0.4 is 0 Å². The zero-order chi connectivity index (χ0) is 19.5. The van der Waals surface area contributed by atoms with Crippen LogP contribution in [-0.2, 0) is 14.8 Å². The molecule has 26 heavy (non-hydrogen) atoms. The summed E-state index contributed by atoms with van der Waals surface area (Å²) in [6.07, 6.45) is 1.71. The van der Waals surface area contributed by atoms with Gasteiger partial charge in [0.25, 0.3) is 5.69 Å². The standard InChI is InChI=1S/C16H23N3O6S/c1-12-5-3-7-14(19(22)23)16(12)26(24,25)18-9-4-6-13(8-10-18)17(2)11-15(20)21/h3,5,7,13H,4,6,8-11H2,1-2H3,(H,20,21). The van der Waals surface area contributed by atoms with Gasteiger partial charge < -0.3 is 5.11 Å². The van der Waals surface area contributed by atoms with E-state index in [9.17, 15) is 23.3 Å². The fraction of sp³-hybridized carbons (Fsp3) is 0.562. The van der Waals surface area contributed by atoms with Crippen LogP contribution in [0.4, 0.5) is 5.69 Å². The molecule has 0 aliphatic carbocycles. The van der Waals surface area contributed by atoms with Gasteiger partial charge in [-0.2, -0.15) is 4.31 Å². The summed E-state index contributed by atoms with van der Waals surface area (Å²) in [6.45, 7) is 1.88. The Morgan fingerprint density at radius 1 is 1.38 bits per heavy atom. The predicted molar refractivity (Wildman–Crippen MR) is 94.5 cm³/mol. The van der Waals surface area contributed by atoms with Crippen molar-refractivity contribution in [1.29, 1.82) is 0 Å². The zero-order valence-electron chi connectivity index (χ0n) is 14.8. The minimum Gasteiger partial charge on any atom is -0.480 e. The molecule has 9 nitrogen and oxygen atoms in total. The molecule has 0 saturated carbocycles. The molecule has 2 rings (SSSR count). The van der Waals surface area contributed by atoms with Gasteiger partial charge in [0.2, 0.25) is 10.0 Å². The minimum atomic E-state index is -4.01. The van der Waals surface area contributed by atoms with Gasteiger partial charge in [-0.05, 0) is 38.8 Å². The predicted octanol–water partition coefficient (Wildman–Crippen LogP) is 1.46. The molecule has 1 N–H and O–H groups in total. The minimum absolute atomic E-state index is 0.0434. The highest BCUT2D eigenvalue weighted by Gasteiger charge is 2.35. The van der Waals surface area contributed by atoms with Crippen LogP contribution in [0.5, 0.6) is 0 Å². The van der Waals surface area contributed by atoms with Crippen LogP contribution in [0, 0.1) is 17.0 Å². The number of hydrogen-bond acceptors (Lipinski definition) is 6. The molecule has 0 spiro atoms. The molecule has 0 aromatic heterocycles. The molecular formula is C16H23N3O6S. The Labute approximate surface area is 152 Å². The van der Waals surface area contributed by atoms with Crippen molar-refractivity contribution in [3.63, 3.8) is 0 Å². The lowest BCUT2D eigenvalue weighted by atomic mass is 10.1. The van der Waals surface area contributed by atoms with Crippen LogP contribution in [0.15, 0.2) is 23.1 Å². The molecule has 1 heterocycles. The van der Waals surface area contributed by atoms with E-state index in [1.54, 1.807) is 24.9 Å². The second kappa shape index (κ2) is 8.11. The molecule has 144 valence electrons. The highest BCUT2D eigenvalue weighted by Crippen LogP contribution is 2.31. The van der Waals surface area contributed by atoms with E-state index in [1.807, 2.05) is 0 Å². The van der Waals surface area contributed by atoms with E-state index in [0.717, 1.165) is 0 Å². The van der Waals surface area contributed by atoms with Crippen molar-refractivity contribution in [2.75, 3.05) is 26.7 Å². The summed E-state index contributed by atoms with van der Waals surface area (Å²) >= 11 is 0. The topological polar surface area (TPSA) is 121 Å². The highest BCUT2D eigenvalue weighted by molar-refractivity contribution is 7.89. The summed E-state index contributed by atoms with van der Waals surface area (Å²) < 4.78 is 27.4. The van der Waals surface area contributed by atoms with E-state index in [1.165, 1.54) is 16.4 Å². The third-order valence-corrected chi connectivity index (χ3v) is 6.74. The zero-order valence-corrected chi connectivity index (χ0v) is 15.6. The van der Waals surface area contributed by atoms with Crippen molar-refractivity contribution >= 4 is 21.7 Å². The van der Waals surface area contributed by atoms with Crippen LogP contribution in [0.25, 0.3) is 0 Å². The van der Waals surface area contributed by atoms with E-state index < -0.39 is 26.6 Å². The lowest BCUT2D eigenvalue weighted by molar-refractivity contribution is -0.387. The monoisotopic (exact) mass is 385 g/mol. The number of aryl methyl sites for hydroxylation is 1. The molecule has 0 bridgehead atoms. The Balaban J connectivity index is 2.26. The van der Waals surface area contributed by atoms with Crippen LogP contribution in [0.2, 0.25) is 0 Å². The third-order valence-electron chi connectivity index (χ3n) is 4.65. The number of aliphatic carboxylic acids is 1. The SMILES string of the molecule is Cc1cccc([N+](=O)[O-])c1S(=O)(=O)N1CCCC(N(C)CC(=O)O)CC1. The number of carboxylic acids is 1. The number of benzene rings is 1. The molecule has 1 aromatic carbocycles. The summed E-state index contributed by atoms with van der Waals surface area (Å²) in [4.78, 5) is 22.9. The first kappa shape index (κ1) is 20.3. The highest BCUT2D eigenvalue weighted by atomic mass is 32.2. The lowest BCUT2D eigenvalue weighted by Gasteiger charge is -2.25. The average Bonchev–Trinajstić information content (AvgIpc) is 2.80. The number of sulfonamides is 1. The Kier molecular flexibility index (Phi) is 6.32. The van der Waals surface area contributed by atoms with Crippen molar-refractivity contribution in [3.05, 3.63) is 33.9 Å².